The molecule has 0 spiro atoms. The van der Waals surface area contributed by atoms with E-state index in [1.54, 1.807) is 67.8 Å². The van der Waals surface area contributed by atoms with Crippen molar-refractivity contribution in [2.24, 2.45) is 0 Å². The molecule has 0 fully saturated rings. The summed E-state index contributed by atoms with van der Waals surface area (Å²) in [6, 6.07) is 20.2. The van der Waals surface area contributed by atoms with Gasteiger partial charge >= 0.3 is 6.09 Å². The Labute approximate surface area is 187 Å². The Morgan fingerprint density at radius 2 is 1.55 bits per heavy atom. The molecule has 10 heteroatoms. The molecule has 0 saturated heterocycles. The van der Waals surface area contributed by atoms with Crippen molar-refractivity contribution in [1.29, 1.82) is 0 Å². The van der Waals surface area contributed by atoms with Gasteiger partial charge in [0.05, 0.1) is 24.8 Å². The maximum atomic E-state index is 13.3. The molecule has 10 nitrogen and oxygen atoms in total. The fourth-order valence-electron chi connectivity index (χ4n) is 3.55. The van der Waals surface area contributed by atoms with Crippen LogP contribution in [0.3, 0.4) is 0 Å². The highest BCUT2D eigenvalue weighted by Crippen LogP contribution is 2.26. The topological polar surface area (TPSA) is 107 Å². The van der Waals surface area contributed by atoms with Crippen LogP contribution >= 0.6 is 0 Å². The molecule has 2 heterocycles. The van der Waals surface area contributed by atoms with Crippen LogP contribution in [0.2, 0.25) is 0 Å². The molecule has 1 aliphatic heterocycles. The number of hydrogen-bond acceptors (Lipinski definition) is 7. The van der Waals surface area contributed by atoms with Gasteiger partial charge in [0.15, 0.2) is 0 Å². The van der Waals surface area contributed by atoms with Crippen LogP contribution in [0, 0.1) is 0 Å². The number of imide groups is 1. The molecular weight excluding hydrogens is 426 g/mol. The van der Waals surface area contributed by atoms with Gasteiger partial charge in [0.2, 0.25) is 0 Å². The zero-order valence-corrected chi connectivity index (χ0v) is 17.4. The largest absolute Gasteiger partial charge is 0.497 e. The van der Waals surface area contributed by atoms with E-state index in [1.807, 2.05) is 0 Å². The number of nitrogens with zero attached hydrogens (tertiary/aromatic N) is 5. The highest BCUT2D eigenvalue weighted by molar-refractivity contribution is 6.21. The van der Waals surface area contributed by atoms with Crippen molar-refractivity contribution in [3.8, 4) is 5.75 Å². The number of amides is 3. The monoisotopic (exact) mass is 443 g/mol. The number of carbonyl (C=O) groups excluding carboxylic acids is 3. The molecule has 3 amide bonds. The second-order valence-electron chi connectivity index (χ2n) is 7.18. The van der Waals surface area contributed by atoms with Crippen molar-refractivity contribution < 1.29 is 24.0 Å². The van der Waals surface area contributed by atoms with E-state index in [2.05, 4.69) is 10.3 Å². The summed E-state index contributed by atoms with van der Waals surface area (Å²) in [6.07, 6.45) is -0.976. The number of hydrazine groups is 1. The number of hydrogen-bond donors (Lipinski definition) is 0. The summed E-state index contributed by atoms with van der Waals surface area (Å²) < 4.78 is 5.17. The van der Waals surface area contributed by atoms with E-state index >= 15 is 0 Å². The zero-order valence-electron chi connectivity index (χ0n) is 17.4. The van der Waals surface area contributed by atoms with Crippen molar-refractivity contribution in [3.63, 3.8) is 0 Å². The first-order chi connectivity index (χ1) is 16.1. The average molecular weight is 443 g/mol. The number of para-hydroxylation sites is 1. The van der Waals surface area contributed by atoms with E-state index in [4.69, 9.17) is 9.57 Å². The quantitative estimate of drug-likeness (QED) is 0.345. The molecule has 5 rings (SSSR count). The summed E-state index contributed by atoms with van der Waals surface area (Å²) in [4.78, 5) is 45.7. The SMILES string of the molecule is COc1ccc(CN(C(=O)On2nnc3ccccc32)N2C(=O)c3ccccc3C2=O)cc1. The van der Waals surface area contributed by atoms with Gasteiger partial charge in [-0.05, 0) is 47.2 Å². The molecule has 1 aromatic heterocycles. The van der Waals surface area contributed by atoms with Gasteiger partial charge in [-0.3, -0.25) is 14.4 Å². The third-order valence-electron chi connectivity index (χ3n) is 5.20. The average Bonchev–Trinajstić information content (AvgIpc) is 3.37. The van der Waals surface area contributed by atoms with E-state index < -0.39 is 17.9 Å². The minimum absolute atomic E-state index is 0.110. The molecular formula is C23H17N5O5. The summed E-state index contributed by atoms with van der Waals surface area (Å²) in [5, 5.41) is 9.53. The number of methoxy groups -OCH3 is 1. The van der Waals surface area contributed by atoms with Crippen LogP contribution in [-0.4, -0.2) is 50.2 Å². The first-order valence-electron chi connectivity index (χ1n) is 9.98. The lowest BCUT2D eigenvalue weighted by molar-refractivity contribution is -0.0105. The van der Waals surface area contributed by atoms with Gasteiger partial charge in [-0.15, -0.1) is 5.10 Å². The molecule has 0 N–H and O–H groups in total. The van der Waals surface area contributed by atoms with E-state index in [1.165, 1.54) is 12.1 Å². The summed E-state index contributed by atoms with van der Waals surface area (Å²) in [5.74, 6) is -0.614. The molecule has 164 valence electrons. The maximum absolute atomic E-state index is 13.3. The predicted octanol–water partition coefficient (Wildman–Crippen LogP) is 2.70. The van der Waals surface area contributed by atoms with Gasteiger partial charge in [-0.2, -0.15) is 5.01 Å². The van der Waals surface area contributed by atoms with Gasteiger partial charge < -0.3 is 4.74 Å². The second kappa shape index (κ2) is 8.08. The van der Waals surface area contributed by atoms with Crippen molar-refractivity contribution in [2.75, 3.05) is 7.11 Å². The number of rotatable bonds is 5. The van der Waals surface area contributed by atoms with Crippen molar-refractivity contribution in [2.45, 2.75) is 6.54 Å². The lowest BCUT2D eigenvalue weighted by Gasteiger charge is -2.28. The van der Waals surface area contributed by atoms with E-state index in [0.717, 1.165) is 14.9 Å². The number of fused-ring (bicyclic) bond motifs is 2. The van der Waals surface area contributed by atoms with Crippen LogP contribution in [0.5, 0.6) is 5.75 Å². The Kier molecular flexibility index (Phi) is 4.94. The second-order valence-corrected chi connectivity index (χ2v) is 7.18. The van der Waals surface area contributed by atoms with Crippen LogP contribution in [0.4, 0.5) is 4.79 Å². The normalized spacial score (nSPS) is 12.7. The molecule has 0 saturated carbocycles. The summed E-state index contributed by atoms with van der Waals surface area (Å²) in [5.41, 5.74) is 2.04. The molecule has 0 aliphatic carbocycles. The van der Waals surface area contributed by atoms with Crippen LogP contribution in [-0.2, 0) is 6.54 Å². The van der Waals surface area contributed by atoms with Crippen LogP contribution < -0.4 is 9.57 Å². The van der Waals surface area contributed by atoms with Gasteiger partial charge in [-0.25, -0.2) is 9.80 Å². The van der Waals surface area contributed by atoms with Crippen molar-refractivity contribution >= 4 is 28.9 Å². The first-order valence-corrected chi connectivity index (χ1v) is 9.98. The molecule has 0 bridgehead atoms. The van der Waals surface area contributed by atoms with Crippen LogP contribution in [0.1, 0.15) is 26.3 Å². The standard InChI is InChI=1S/C23H17N5O5/c1-32-16-12-10-15(11-13-16)14-26(27-21(29)17-6-2-3-7-18(17)22(27)30)23(31)33-28-20-9-5-4-8-19(20)24-25-28/h2-13H,14H2,1H3. The Bertz CT molecular complexity index is 1350. The number of ether oxygens (including phenoxy) is 1. The molecule has 3 aromatic carbocycles. The van der Waals surface area contributed by atoms with Crippen LogP contribution in [0.15, 0.2) is 72.8 Å². The lowest BCUT2D eigenvalue weighted by atomic mass is 10.1. The van der Waals surface area contributed by atoms with Gasteiger partial charge in [0.1, 0.15) is 16.8 Å². The maximum Gasteiger partial charge on any atom is 0.455 e. The molecule has 4 aromatic rings. The van der Waals surface area contributed by atoms with E-state index in [-0.39, 0.29) is 17.7 Å². The van der Waals surface area contributed by atoms with Crippen LogP contribution in [0.25, 0.3) is 11.0 Å². The predicted molar refractivity (Wildman–Crippen MR) is 115 cm³/mol. The molecule has 0 radical (unpaired) electrons. The minimum Gasteiger partial charge on any atom is -0.497 e. The summed E-state index contributed by atoms with van der Waals surface area (Å²) >= 11 is 0. The van der Waals surface area contributed by atoms with E-state index in [9.17, 15) is 14.4 Å². The number of aromatic nitrogens is 3. The number of benzene rings is 3. The summed E-state index contributed by atoms with van der Waals surface area (Å²) in [6.45, 7) is -0.110. The van der Waals surface area contributed by atoms with Gasteiger partial charge in [0, 0.05) is 0 Å². The Hall–Kier alpha value is -4.73. The fraction of sp³-hybridized carbons (Fsp3) is 0.0870. The third kappa shape index (κ3) is 3.53. The summed E-state index contributed by atoms with van der Waals surface area (Å²) in [7, 11) is 1.54. The smallest absolute Gasteiger partial charge is 0.455 e. The van der Waals surface area contributed by atoms with Gasteiger partial charge in [-0.1, -0.05) is 41.2 Å². The third-order valence-corrected chi connectivity index (χ3v) is 5.20. The molecule has 33 heavy (non-hydrogen) atoms. The molecule has 0 unspecified atom stereocenters. The Morgan fingerprint density at radius 1 is 0.909 bits per heavy atom. The highest BCUT2D eigenvalue weighted by Gasteiger charge is 2.42. The minimum atomic E-state index is -0.976. The Balaban J connectivity index is 1.50. The first kappa shape index (κ1) is 20.2. The Morgan fingerprint density at radius 3 is 2.21 bits per heavy atom. The molecule has 0 atom stereocenters. The zero-order chi connectivity index (χ0) is 22.9. The van der Waals surface area contributed by atoms with Crippen molar-refractivity contribution in [3.05, 3.63) is 89.5 Å². The van der Waals surface area contributed by atoms with Crippen molar-refractivity contribution in [1.82, 2.24) is 25.2 Å². The molecule has 1 aliphatic rings. The van der Waals surface area contributed by atoms with E-state index in [0.29, 0.717) is 22.3 Å². The van der Waals surface area contributed by atoms with Gasteiger partial charge in [0.25, 0.3) is 11.8 Å². The fourth-order valence-corrected chi connectivity index (χ4v) is 3.55. The highest BCUT2D eigenvalue weighted by atomic mass is 16.7. The lowest BCUT2D eigenvalue weighted by Crippen LogP contribution is -2.51. The number of carbonyl (C=O) groups is 3.